The summed E-state index contributed by atoms with van der Waals surface area (Å²) in [6, 6.07) is 7.75. The van der Waals surface area contributed by atoms with Crippen molar-refractivity contribution in [1.29, 1.82) is 0 Å². The summed E-state index contributed by atoms with van der Waals surface area (Å²) in [5.41, 5.74) is 1.97. The standard InChI is InChI=1S/C16H24N2O3S/c1-13(2)14-5-7-15(8-6-14)17-16(19)9-11-18-10-3-4-12-22(18,20)21/h5-8,13H,3-4,9-12H2,1-2H3,(H,17,19). The predicted octanol–water partition coefficient (Wildman–Crippen LogP) is 2.56. The van der Waals surface area contributed by atoms with E-state index in [1.54, 1.807) is 0 Å². The predicted molar refractivity (Wildman–Crippen MR) is 88.4 cm³/mol. The van der Waals surface area contributed by atoms with Crippen molar-refractivity contribution in [3.63, 3.8) is 0 Å². The van der Waals surface area contributed by atoms with Crippen molar-refractivity contribution in [2.45, 2.75) is 39.0 Å². The van der Waals surface area contributed by atoms with Crippen LogP contribution in [0.2, 0.25) is 0 Å². The van der Waals surface area contributed by atoms with Crippen LogP contribution >= 0.6 is 0 Å². The Bertz CT molecular complexity index is 609. The van der Waals surface area contributed by atoms with E-state index < -0.39 is 10.0 Å². The Morgan fingerprint density at radius 2 is 1.91 bits per heavy atom. The highest BCUT2D eigenvalue weighted by Crippen LogP contribution is 2.18. The van der Waals surface area contributed by atoms with Crippen LogP contribution in [0.25, 0.3) is 0 Å². The van der Waals surface area contributed by atoms with E-state index in [4.69, 9.17) is 0 Å². The van der Waals surface area contributed by atoms with Gasteiger partial charge in [0.1, 0.15) is 0 Å². The normalized spacial score (nSPS) is 18.3. The number of sulfonamides is 1. The van der Waals surface area contributed by atoms with E-state index in [0.29, 0.717) is 18.9 Å². The average Bonchev–Trinajstić information content (AvgIpc) is 2.46. The molecule has 0 spiro atoms. The molecule has 1 aromatic rings. The number of carbonyl (C=O) groups is 1. The lowest BCUT2D eigenvalue weighted by atomic mass is 10.0. The van der Waals surface area contributed by atoms with E-state index in [9.17, 15) is 13.2 Å². The van der Waals surface area contributed by atoms with Gasteiger partial charge in [-0.1, -0.05) is 26.0 Å². The molecule has 1 heterocycles. The monoisotopic (exact) mass is 324 g/mol. The van der Waals surface area contributed by atoms with Crippen molar-refractivity contribution in [2.24, 2.45) is 0 Å². The molecule has 0 saturated carbocycles. The number of anilines is 1. The summed E-state index contributed by atoms with van der Waals surface area (Å²) < 4.78 is 25.1. The lowest BCUT2D eigenvalue weighted by Gasteiger charge is -2.25. The first-order valence-electron chi connectivity index (χ1n) is 7.76. The minimum Gasteiger partial charge on any atom is -0.326 e. The van der Waals surface area contributed by atoms with Crippen molar-refractivity contribution >= 4 is 21.6 Å². The van der Waals surface area contributed by atoms with E-state index in [1.165, 1.54) is 9.87 Å². The zero-order valence-electron chi connectivity index (χ0n) is 13.2. The highest BCUT2D eigenvalue weighted by molar-refractivity contribution is 7.89. The second-order valence-electron chi connectivity index (χ2n) is 6.00. The van der Waals surface area contributed by atoms with Gasteiger partial charge >= 0.3 is 0 Å². The van der Waals surface area contributed by atoms with Gasteiger partial charge in [0.05, 0.1) is 5.75 Å². The van der Waals surface area contributed by atoms with Crippen LogP contribution in [0.1, 0.15) is 44.6 Å². The van der Waals surface area contributed by atoms with E-state index in [0.717, 1.165) is 12.1 Å². The molecule has 1 aromatic carbocycles. The molecule has 0 aromatic heterocycles. The van der Waals surface area contributed by atoms with Crippen LogP contribution in [0.15, 0.2) is 24.3 Å². The summed E-state index contributed by atoms with van der Waals surface area (Å²) in [6.45, 7) is 5.02. The van der Waals surface area contributed by atoms with Gasteiger partial charge in [-0.05, 0) is 36.5 Å². The number of carbonyl (C=O) groups excluding carboxylic acids is 1. The Morgan fingerprint density at radius 3 is 2.50 bits per heavy atom. The van der Waals surface area contributed by atoms with Gasteiger partial charge in [-0.25, -0.2) is 12.7 Å². The van der Waals surface area contributed by atoms with Gasteiger partial charge in [0.25, 0.3) is 0 Å². The van der Waals surface area contributed by atoms with Crippen molar-refractivity contribution in [2.75, 3.05) is 24.2 Å². The first-order valence-corrected chi connectivity index (χ1v) is 9.37. The first-order chi connectivity index (χ1) is 10.4. The van der Waals surface area contributed by atoms with Crippen LogP contribution in [0.4, 0.5) is 5.69 Å². The summed E-state index contributed by atoms with van der Waals surface area (Å²) in [5.74, 6) is 0.498. The molecule has 6 heteroatoms. The van der Waals surface area contributed by atoms with Crippen LogP contribution in [-0.2, 0) is 14.8 Å². The summed E-state index contributed by atoms with van der Waals surface area (Å²) >= 11 is 0. The molecule has 1 fully saturated rings. The van der Waals surface area contributed by atoms with Gasteiger partial charge in [0, 0.05) is 25.2 Å². The number of nitrogens with zero attached hydrogens (tertiary/aromatic N) is 1. The zero-order chi connectivity index (χ0) is 16.2. The maximum absolute atomic E-state index is 12.0. The molecule has 1 aliphatic heterocycles. The second kappa shape index (κ2) is 7.24. The Hall–Kier alpha value is -1.40. The topological polar surface area (TPSA) is 66.5 Å². The van der Waals surface area contributed by atoms with E-state index >= 15 is 0 Å². The third-order valence-corrected chi connectivity index (χ3v) is 5.86. The van der Waals surface area contributed by atoms with Gasteiger partial charge in [0.15, 0.2) is 0 Å². The maximum atomic E-state index is 12.0. The number of benzene rings is 1. The van der Waals surface area contributed by atoms with Crippen LogP contribution < -0.4 is 5.32 Å². The minimum absolute atomic E-state index is 0.155. The van der Waals surface area contributed by atoms with E-state index in [1.807, 2.05) is 24.3 Å². The fourth-order valence-corrected chi connectivity index (χ4v) is 4.10. The van der Waals surface area contributed by atoms with Gasteiger partial charge < -0.3 is 5.32 Å². The van der Waals surface area contributed by atoms with E-state index in [-0.39, 0.29) is 24.6 Å². The molecular weight excluding hydrogens is 300 g/mol. The number of amides is 1. The molecule has 5 nitrogen and oxygen atoms in total. The van der Waals surface area contributed by atoms with Gasteiger partial charge in [-0.2, -0.15) is 0 Å². The summed E-state index contributed by atoms with van der Waals surface area (Å²) in [5, 5.41) is 2.81. The smallest absolute Gasteiger partial charge is 0.225 e. The maximum Gasteiger partial charge on any atom is 0.225 e. The molecule has 1 amide bonds. The first kappa shape index (κ1) is 17.0. The number of nitrogens with one attached hydrogen (secondary N) is 1. The molecule has 0 unspecified atom stereocenters. The largest absolute Gasteiger partial charge is 0.326 e. The van der Waals surface area contributed by atoms with Crippen LogP contribution in [-0.4, -0.2) is 37.5 Å². The van der Waals surface area contributed by atoms with Crippen LogP contribution in [0, 0.1) is 0 Å². The molecule has 0 bridgehead atoms. The molecule has 0 aliphatic carbocycles. The third kappa shape index (κ3) is 4.55. The Kier molecular flexibility index (Phi) is 5.58. The zero-order valence-corrected chi connectivity index (χ0v) is 14.0. The van der Waals surface area contributed by atoms with E-state index in [2.05, 4.69) is 19.2 Å². The van der Waals surface area contributed by atoms with Crippen molar-refractivity contribution < 1.29 is 13.2 Å². The molecule has 0 atom stereocenters. The lowest BCUT2D eigenvalue weighted by molar-refractivity contribution is -0.116. The molecule has 0 radical (unpaired) electrons. The molecular formula is C16H24N2O3S. The van der Waals surface area contributed by atoms with Gasteiger partial charge in [-0.3, -0.25) is 4.79 Å². The van der Waals surface area contributed by atoms with Crippen LogP contribution in [0.5, 0.6) is 0 Å². The summed E-state index contributed by atoms with van der Waals surface area (Å²) in [7, 11) is -3.15. The van der Waals surface area contributed by atoms with Crippen molar-refractivity contribution in [3.8, 4) is 0 Å². The van der Waals surface area contributed by atoms with Gasteiger partial charge in [0.2, 0.25) is 15.9 Å². The van der Waals surface area contributed by atoms with Gasteiger partial charge in [-0.15, -0.1) is 0 Å². The average molecular weight is 324 g/mol. The van der Waals surface area contributed by atoms with Crippen molar-refractivity contribution in [1.82, 2.24) is 4.31 Å². The highest BCUT2D eigenvalue weighted by Gasteiger charge is 2.25. The number of hydrogen-bond donors (Lipinski definition) is 1. The quantitative estimate of drug-likeness (QED) is 0.905. The molecule has 22 heavy (non-hydrogen) atoms. The minimum atomic E-state index is -3.15. The SMILES string of the molecule is CC(C)c1ccc(NC(=O)CCN2CCCCS2(=O)=O)cc1. The molecule has 122 valence electrons. The highest BCUT2D eigenvalue weighted by atomic mass is 32.2. The number of hydrogen-bond acceptors (Lipinski definition) is 3. The van der Waals surface area contributed by atoms with Crippen molar-refractivity contribution in [3.05, 3.63) is 29.8 Å². The molecule has 1 aliphatic rings. The molecule has 1 N–H and O–H groups in total. The number of rotatable bonds is 5. The fraction of sp³-hybridized carbons (Fsp3) is 0.562. The lowest BCUT2D eigenvalue weighted by Crippen LogP contribution is -2.39. The summed E-state index contributed by atoms with van der Waals surface area (Å²) in [4.78, 5) is 12.0. The fourth-order valence-electron chi connectivity index (χ4n) is 2.49. The molecule has 1 saturated heterocycles. The summed E-state index contributed by atoms with van der Waals surface area (Å²) in [6.07, 6.45) is 1.77. The third-order valence-electron chi connectivity index (χ3n) is 3.90. The molecule has 2 rings (SSSR count). The Labute approximate surface area is 132 Å². The second-order valence-corrected chi connectivity index (χ2v) is 8.09. The Balaban J connectivity index is 1.85. The Morgan fingerprint density at radius 1 is 1.23 bits per heavy atom. The van der Waals surface area contributed by atoms with Crippen LogP contribution in [0.3, 0.4) is 0 Å².